The van der Waals surface area contributed by atoms with E-state index in [2.05, 4.69) is 37.2 Å². The Kier molecular flexibility index (Phi) is 50.8. The molecule has 5 amide bonds. The van der Waals surface area contributed by atoms with E-state index >= 15 is 0 Å². The topological polar surface area (TPSA) is 424 Å². The Labute approximate surface area is 617 Å². The number of hydrogen-bond acceptors (Lipinski definition) is 17. The summed E-state index contributed by atoms with van der Waals surface area (Å²) in [5, 5.41) is 65.8. The van der Waals surface area contributed by atoms with Crippen LogP contribution in [0.15, 0.2) is 24.3 Å². The molecule has 0 bridgehead atoms. The lowest BCUT2D eigenvalue weighted by atomic mass is 9.78. The molecule has 0 heterocycles. The molecule has 2 rings (SSSR count). The second-order valence-electron chi connectivity index (χ2n) is 28.7. The van der Waals surface area contributed by atoms with Gasteiger partial charge in [-0.1, -0.05) is 143 Å². The van der Waals surface area contributed by atoms with Gasteiger partial charge < -0.3 is 62.8 Å². The summed E-state index contributed by atoms with van der Waals surface area (Å²) < 4.78 is 0. The first-order valence-corrected chi connectivity index (χ1v) is 38.7. The Balaban J connectivity index is 0.00000116. The van der Waals surface area contributed by atoms with Crippen LogP contribution in [0.2, 0.25) is 0 Å². The second-order valence-corrected chi connectivity index (χ2v) is 28.7. The maximum Gasteiger partial charge on any atom is 0.326 e. The molecule has 26 nitrogen and oxygen atoms in total. The zero-order valence-corrected chi connectivity index (χ0v) is 63.6. The molecule has 6 atom stereocenters. The van der Waals surface area contributed by atoms with Crippen molar-refractivity contribution in [3.8, 4) is 5.75 Å². The maximum atomic E-state index is 13.5. The minimum atomic E-state index is -1.38. The SMILES string of the molecule is CCCC[C@H](NCC(=O)C(C)(C)NC(=O)[C@@H](Cc1ccc(O)cc1)NC(C)=O)C(=O)CN[C@@H](CCCCNC(=O)CC[C@H](CC(=O)CC[C@H](NC(=O)CC)C(=O)O)C(=O)O)C(=O)CC.CC[C@H](CC(=O)C1CCC(CNC(=O)CCCCCCCCCCCCCCCCCCC(=O)O)CC1)C(=O)O. The fourth-order valence-corrected chi connectivity index (χ4v) is 12.5. The Bertz CT molecular complexity index is 2790. The fraction of sp³-hybridized carbons (Fsp3) is 0.744. The standard InChI is InChI=1S/C45H70N6O13.C33H59NO6/c1-7-10-13-34(48-27-39(57)45(5,6)51-42(60)36(49-28(4)52)24-29-15-18-31(53)19-16-29)38(56)26-47-33(37(55)8-2)14-11-12-23-46-41(59)22-17-30(43(61)62)25-32(54)20-21-35(44(63)64)50-40(58)9-3;1-2-28(33(39)40)25-30(35)29-23-21-27(22-24-29)26-34-31(36)19-17-15-13-11-9-7-5-3-4-6-8-10-12-14-16-18-20-32(37)38/h15-16,18-19,30,33-36,47-48,53H,7-14,17,20-27H2,1-6H3,(H,46,59)(H,49,52)(H,50,58)(H,51,60)(H,61,62)(H,63,64);27-29H,2-26H2,1H3,(H,34,36)(H,37,38)(H,39,40)/t30-,33+,34+,35+,36-;27?,28-,29?/m11/s1. The minimum Gasteiger partial charge on any atom is -0.508 e. The van der Waals surface area contributed by atoms with Crippen molar-refractivity contribution in [1.82, 2.24) is 37.2 Å². The molecule has 590 valence electrons. The number of hydrogen-bond donors (Lipinski definition) is 12. The van der Waals surface area contributed by atoms with E-state index in [4.69, 9.17) is 5.11 Å². The lowest BCUT2D eigenvalue weighted by Gasteiger charge is -2.29. The summed E-state index contributed by atoms with van der Waals surface area (Å²) >= 11 is 0. The summed E-state index contributed by atoms with van der Waals surface area (Å²) in [5.74, 6) is -8.34. The fourth-order valence-electron chi connectivity index (χ4n) is 12.5. The quantitative estimate of drug-likeness (QED) is 0.0270. The summed E-state index contributed by atoms with van der Waals surface area (Å²) in [4.78, 5) is 171. The number of ketones is 5. The van der Waals surface area contributed by atoms with Crippen molar-refractivity contribution >= 4 is 82.3 Å². The van der Waals surface area contributed by atoms with Gasteiger partial charge in [-0.15, -0.1) is 0 Å². The van der Waals surface area contributed by atoms with Crippen LogP contribution in [0.1, 0.15) is 292 Å². The van der Waals surface area contributed by atoms with Gasteiger partial charge in [0.1, 0.15) is 35.2 Å². The molecule has 1 saturated carbocycles. The average molecular weight is 1470 g/mol. The first kappa shape index (κ1) is 94.5. The normalized spacial score (nSPS) is 15.2. The summed E-state index contributed by atoms with van der Waals surface area (Å²) in [5.41, 5.74) is -0.700. The van der Waals surface area contributed by atoms with Crippen LogP contribution in [0.25, 0.3) is 0 Å². The molecule has 0 unspecified atom stereocenters. The molecule has 0 aliphatic heterocycles. The number of phenols is 1. The van der Waals surface area contributed by atoms with Crippen LogP contribution < -0.4 is 37.2 Å². The van der Waals surface area contributed by atoms with Gasteiger partial charge in [0.25, 0.3) is 0 Å². The number of nitrogens with one attached hydrogen (secondary N) is 7. The van der Waals surface area contributed by atoms with Crippen LogP contribution in [0, 0.1) is 23.7 Å². The third-order valence-corrected chi connectivity index (χ3v) is 19.4. The number of rotatable bonds is 61. The summed E-state index contributed by atoms with van der Waals surface area (Å²) in [6.07, 6.45) is 26.9. The Hall–Kier alpha value is -7.48. The van der Waals surface area contributed by atoms with Gasteiger partial charge in [0.05, 0.1) is 42.5 Å². The smallest absolute Gasteiger partial charge is 0.326 e. The summed E-state index contributed by atoms with van der Waals surface area (Å²) in [6, 6.07) is 2.52. The van der Waals surface area contributed by atoms with Crippen molar-refractivity contribution in [2.75, 3.05) is 26.2 Å². The van der Waals surface area contributed by atoms with Crippen molar-refractivity contribution in [3.63, 3.8) is 0 Å². The van der Waals surface area contributed by atoms with Gasteiger partial charge in [-0.2, -0.15) is 0 Å². The van der Waals surface area contributed by atoms with Crippen LogP contribution in [0.3, 0.4) is 0 Å². The average Bonchev–Trinajstić information content (AvgIpc) is 0.842. The number of carboxylic acids is 4. The molecule has 0 spiro atoms. The minimum absolute atomic E-state index is 0.00881. The van der Waals surface area contributed by atoms with E-state index in [1.807, 2.05) is 13.8 Å². The van der Waals surface area contributed by atoms with Crippen LogP contribution in [-0.4, -0.2) is 164 Å². The third kappa shape index (κ3) is 45.0. The van der Waals surface area contributed by atoms with Crippen molar-refractivity contribution in [3.05, 3.63) is 29.8 Å². The molecule has 1 aliphatic rings. The van der Waals surface area contributed by atoms with Gasteiger partial charge >= 0.3 is 23.9 Å². The van der Waals surface area contributed by atoms with E-state index in [9.17, 15) is 87.5 Å². The predicted molar refractivity (Wildman–Crippen MR) is 396 cm³/mol. The predicted octanol–water partition coefficient (Wildman–Crippen LogP) is 10.1. The van der Waals surface area contributed by atoms with Crippen LogP contribution in [-0.2, 0) is 73.5 Å². The molecule has 1 aromatic rings. The largest absolute Gasteiger partial charge is 0.508 e. The maximum absolute atomic E-state index is 13.5. The van der Waals surface area contributed by atoms with Crippen LogP contribution in [0.4, 0.5) is 0 Å². The highest BCUT2D eigenvalue weighted by Crippen LogP contribution is 2.31. The van der Waals surface area contributed by atoms with E-state index in [0.717, 1.165) is 57.8 Å². The molecular weight excluding hydrogens is 1340 g/mol. The van der Waals surface area contributed by atoms with Gasteiger partial charge in [0, 0.05) is 83.7 Å². The highest BCUT2D eigenvalue weighted by molar-refractivity contribution is 5.96. The Morgan fingerprint density at radius 1 is 0.490 bits per heavy atom. The first-order valence-electron chi connectivity index (χ1n) is 38.7. The molecular formula is C78H129N7O19. The van der Waals surface area contributed by atoms with E-state index in [1.165, 1.54) is 110 Å². The molecule has 104 heavy (non-hydrogen) atoms. The zero-order valence-electron chi connectivity index (χ0n) is 63.6. The molecule has 26 heteroatoms. The highest BCUT2D eigenvalue weighted by atomic mass is 16.4. The zero-order chi connectivity index (χ0) is 77.8. The molecule has 12 N–H and O–H groups in total. The molecule has 1 aromatic carbocycles. The Morgan fingerprint density at radius 3 is 1.53 bits per heavy atom. The van der Waals surface area contributed by atoms with E-state index < -0.39 is 107 Å². The van der Waals surface area contributed by atoms with Gasteiger partial charge in [-0.3, -0.25) is 62.3 Å². The van der Waals surface area contributed by atoms with Crippen molar-refractivity contribution in [2.45, 2.75) is 322 Å². The number of phenolic OH excluding ortho intramolecular Hbond substituents is 1. The lowest BCUT2D eigenvalue weighted by molar-refractivity contribution is -0.145. The second kappa shape index (κ2) is 55.9. The molecule has 0 radical (unpaired) electrons. The number of carbonyl (C=O) groups excluding carboxylic acids is 10. The molecule has 0 saturated heterocycles. The van der Waals surface area contributed by atoms with Gasteiger partial charge in [-0.05, 0) is 121 Å². The number of carboxylic acid groups (broad SMARTS) is 4. The third-order valence-electron chi connectivity index (χ3n) is 19.4. The van der Waals surface area contributed by atoms with Gasteiger partial charge in [0.15, 0.2) is 11.6 Å². The monoisotopic (exact) mass is 1470 g/mol. The number of benzene rings is 1. The number of aliphatic carboxylic acids is 4. The number of unbranched alkanes of at least 4 members (excludes halogenated alkanes) is 17. The first-order chi connectivity index (χ1) is 49.5. The lowest BCUT2D eigenvalue weighted by Crippen LogP contribution is -2.59. The number of carbonyl (C=O) groups is 14. The Morgan fingerprint density at radius 2 is 1.02 bits per heavy atom. The van der Waals surface area contributed by atoms with E-state index in [0.29, 0.717) is 69.4 Å². The number of aromatic hydroxyl groups is 1. The highest BCUT2D eigenvalue weighted by Gasteiger charge is 2.34. The van der Waals surface area contributed by atoms with E-state index in [1.54, 1.807) is 26.0 Å². The van der Waals surface area contributed by atoms with Crippen LogP contribution in [0.5, 0.6) is 5.75 Å². The van der Waals surface area contributed by atoms with E-state index in [-0.39, 0.29) is 106 Å². The molecule has 1 fully saturated rings. The van der Waals surface area contributed by atoms with Gasteiger partial charge in [-0.25, -0.2) is 4.79 Å². The van der Waals surface area contributed by atoms with Gasteiger partial charge in [0.2, 0.25) is 29.5 Å². The summed E-state index contributed by atoms with van der Waals surface area (Å²) in [6.45, 7) is 11.9. The van der Waals surface area contributed by atoms with Crippen LogP contribution >= 0.6 is 0 Å². The van der Waals surface area contributed by atoms with Crippen molar-refractivity contribution in [2.24, 2.45) is 23.7 Å². The molecule has 1 aliphatic carbocycles. The van der Waals surface area contributed by atoms with Crippen molar-refractivity contribution in [1.29, 1.82) is 0 Å². The molecule has 0 aromatic heterocycles. The summed E-state index contributed by atoms with van der Waals surface area (Å²) in [7, 11) is 0. The number of Topliss-reactive ketones (excluding diaryl/α,β-unsaturated/α-hetero) is 5. The number of amides is 5. The van der Waals surface area contributed by atoms with Crippen molar-refractivity contribution < 1.29 is 92.7 Å².